The number of benzene rings is 2. The van der Waals surface area contributed by atoms with Crippen molar-refractivity contribution in [1.82, 2.24) is 9.78 Å². The Morgan fingerprint density at radius 2 is 1.97 bits per heavy atom. The van der Waals surface area contributed by atoms with Gasteiger partial charge in [-0.2, -0.15) is 5.10 Å². The Morgan fingerprint density at radius 3 is 2.76 bits per heavy atom. The van der Waals surface area contributed by atoms with Gasteiger partial charge in [-0.15, -0.1) is 0 Å². The number of para-hydroxylation sites is 2. The van der Waals surface area contributed by atoms with Crippen LogP contribution in [0.15, 0.2) is 71.4 Å². The first kappa shape index (κ1) is 22.4. The molecule has 0 fully saturated rings. The highest BCUT2D eigenvalue weighted by molar-refractivity contribution is 6.42. The number of nitro groups is 1. The number of anilines is 1. The number of carbonyl (C=O) groups excluding carboxylic acids is 1. The zero-order valence-electron chi connectivity index (χ0n) is 16.9. The van der Waals surface area contributed by atoms with Gasteiger partial charge < -0.3 is 14.5 Å². The maximum Gasteiger partial charge on any atom is 0.310 e. The fourth-order valence-electron chi connectivity index (χ4n) is 2.99. The molecule has 2 aromatic heterocycles. The van der Waals surface area contributed by atoms with Gasteiger partial charge in [0.2, 0.25) is 0 Å². The molecule has 33 heavy (non-hydrogen) atoms. The van der Waals surface area contributed by atoms with Crippen molar-refractivity contribution < 1.29 is 18.9 Å². The number of rotatable bonds is 8. The van der Waals surface area contributed by atoms with Crippen molar-refractivity contribution in [1.29, 1.82) is 0 Å². The average Bonchev–Trinajstić information content (AvgIpc) is 3.44. The van der Waals surface area contributed by atoms with Crippen LogP contribution in [0.4, 0.5) is 11.4 Å². The highest BCUT2D eigenvalue weighted by Crippen LogP contribution is 2.27. The zero-order valence-corrected chi connectivity index (χ0v) is 18.4. The molecule has 0 saturated carbocycles. The first-order chi connectivity index (χ1) is 15.9. The van der Waals surface area contributed by atoms with Gasteiger partial charge in [-0.05, 0) is 35.9 Å². The molecule has 11 heteroatoms. The minimum absolute atomic E-state index is 0.0633. The van der Waals surface area contributed by atoms with Gasteiger partial charge in [-0.3, -0.25) is 19.6 Å². The molecule has 0 aliphatic heterocycles. The summed E-state index contributed by atoms with van der Waals surface area (Å²) in [4.78, 5) is 23.0. The normalized spacial score (nSPS) is 10.7. The average molecular weight is 487 g/mol. The van der Waals surface area contributed by atoms with Crippen LogP contribution in [0.25, 0.3) is 0 Å². The van der Waals surface area contributed by atoms with Crippen LogP contribution in [-0.4, -0.2) is 20.6 Å². The zero-order chi connectivity index (χ0) is 23.4. The summed E-state index contributed by atoms with van der Waals surface area (Å²) in [6, 6.07) is 14.4. The first-order valence-corrected chi connectivity index (χ1v) is 10.4. The van der Waals surface area contributed by atoms with E-state index in [0.29, 0.717) is 28.0 Å². The number of nitro benzene ring substituents is 1. The highest BCUT2D eigenvalue weighted by Gasteiger charge is 2.16. The number of nitrogens with one attached hydrogen (secondary N) is 1. The van der Waals surface area contributed by atoms with Gasteiger partial charge in [0.05, 0.1) is 33.4 Å². The van der Waals surface area contributed by atoms with Crippen LogP contribution in [0.2, 0.25) is 10.0 Å². The van der Waals surface area contributed by atoms with Crippen molar-refractivity contribution in [3.63, 3.8) is 0 Å². The maximum absolute atomic E-state index is 12.5. The van der Waals surface area contributed by atoms with Crippen molar-refractivity contribution in [3.8, 4) is 5.75 Å². The molecule has 0 aliphatic carbocycles. The molecular weight excluding hydrogens is 471 g/mol. The van der Waals surface area contributed by atoms with Crippen LogP contribution < -0.4 is 10.1 Å². The molecule has 0 spiro atoms. The summed E-state index contributed by atoms with van der Waals surface area (Å²) in [5.74, 6) is 0.0438. The van der Waals surface area contributed by atoms with E-state index >= 15 is 0 Å². The molecule has 0 atom stereocenters. The van der Waals surface area contributed by atoms with E-state index in [0.717, 1.165) is 5.56 Å². The molecule has 1 N–H and O–H groups in total. The molecule has 2 heterocycles. The fraction of sp³-hybridized carbons (Fsp3) is 0.0909. The van der Waals surface area contributed by atoms with E-state index < -0.39 is 10.8 Å². The van der Waals surface area contributed by atoms with Crippen molar-refractivity contribution in [2.45, 2.75) is 13.2 Å². The van der Waals surface area contributed by atoms with Crippen LogP contribution in [0.5, 0.6) is 5.75 Å². The molecular formula is C22H16Cl2N4O5. The molecule has 4 rings (SSSR count). The summed E-state index contributed by atoms with van der Waals surface area (Å²) in [5, 5.41) is 18.9. The molecule has 0 radical (unpaired) electrons. The molecule has 2 aromatic carbocycles. The van der Waals surface area contributed by atoms with Crippen LogP contribution in [0.3, 0.4) is 0 Å². The second kappa shape index (κ2) is 9.76. The largest absolute Gasteiger partial charge is 0.479 e. The lowest BCUT2D eigenvalue weighted by atomic mass is 10.2. The quantitative estimate of drug-likeness (QED) is 0.257. The predicted octanol–water partition coefficient (Wildman–Crippen LogP) is 5.57. The van der Waals surface area contributed by atoms with Crippen LogP contribution >= 0.6 is 23.2 Å². The van der Waals surface area contributed by atoms with Gasteiger partial charge in [-0.25, -0.2) is 0 Å². The lowest BCUT2D eigenvalue weighted by Crippen LogP contribution is -2.10. The number of hydrogen-bond acceptors (Lipinski definition) is 6. The van der Waals surface area contributed by atoms with E-state index in [-0.39, 0.29) is 23.8 Å². The summed E-state index contributed by atoms with van der Waals surface area (Å²) in [7, 11) is 0. The van der Waals surface area contributed by atoms with Crippen LogP contribution in [0.1, 0.15) is 21.9 Å². The Kier molecular flexibility index (Phi) is 6.62. The Hall–Kier alpha value is -3.82. The predicted molar refractivity (Wildman–Crippen MR) is 122 cm³/mol. The SMILES string of the molecule is O=C(Nc1cnn(Cc2ccc(Cl)c(Cl)c2)c1)c1ccc(COc2ccccc2[N+](=O)[O-])o1. The summed E-state index contributed by atoms with van der Waals surface area (Å²) < 4.78 is 12.6. The summed E-state index contributed by atoms with van der Waals surface area (Å²) in [6.45, 7) is 0.375. The lowest BCUT2D eigenvalue weighted by Gasteiger charge is -2.04. The van der Waals surface area contributed by atoms with E-state index in [4.69, 9.17) is 32.4 Å². The third kappa shape index (κ3) is 5.51. The Morgan fingerprint density at radius 1 is 1.15 bits per heavy atom. The molecule has 168 valence electrons. The van der Waals surface area contributed by atoms with E-state index in [1.165, 1.54) is 24.4 Å². The Balaban J connectivity index is 1.35. The second-order valence-corrected chi connectivity index (χ2v) is 7.72. The maximum atomic E-state index is 12.5. The van der Waals surface area contributed by atoms with Crippen molar-refractivity contribution in [2.75, 3.05) is 5.32 Å². The minimum Gasteiger partial charge on any atom is -0.479 e. The van der Waals surface area contributed by atoms with Gasteiger partial charge in [-0.1, -0.05) is 41.4 Å². The minimum atomic E-state index is -0.530. The number of hydrogen-bond donors (Lipinski definition) is 1. The van der Waals surface area contributed by atoms with Gasteiger partial charge in [0, 0.05) is 12.3 Å². The van der Waals surface area contributed by atoms with Crippen molar-refractivity contribution in [2.24, 2.45) is 0 Å². The standard InChI is InChI=1S/C22H16Cl2N4O5/c23-17-7-5-14(9-18(17)24)11-27-12-15(10-25-27)26-22(29)21-8-6-16(33-21)13-32-20-4-2-1-3-19(20)28(30)31/h1-10,12H,11,13H2,(H,26,29). The second-order valence-electron chi connectivity index (χ2n) is 6.91. The van der Waals surface area contributed by atoms with Gasteiger partial charge in [0.15, 0.2) is 11.5 Å². The van der Waals surface area contributed by atoms with E-state index in [1.54, 1.807) is 41.2 Å². The van der Waals surface area contributed by atoms with E-state index in [9.17, 15) is 14.9 Å². The molecule has 1 amide bonds. The highest BCUT2D eigenvalue weighted by atomic mass is 35.5. The van der Waals surface area contributed by atoms with Gasteiger partial charge in [0.1, 0.15) is 12.4 Å². The molecule has 0 bridgehead atoms. The molecule has 0 unspecified atom stereocenters. The first-order valence-electron chi connectivity index (χ1n) is 9.62. The number of nitrogens with zero attached hydrogens (tertiary/aromatic N) is 3. The summed E-state index contributed by atoms with van der Waals surface area (Å²) in [5.41, 5.74) is 1.23. The third-order valence-electron chi connectivity index (χ3n) is 4.54. The molecule has 0 saturated heterocycles. The smallest absolute Gasteiger partial charge is 0.310 e. The number of carbonyl (C=O) groups is 1. The monoisotopic (exact) mass is 486 g/mol. The molecule has 9 nitrogen and oxygen atoms in total. The Bertz CT molecular complexity index is 1320. The lowest BCUT2D eigenvalue weighted by molar-refractivity contribution is -0.386. The van der Waals surface area contributed by atoms with Gasteiger partial charge >= 0.3 is 5.69 Å². The molecule has 0 aliphatic rings. The van der Waals surface area contributed by atoms with Crippen molar-refractivity contribution in [3.05, 3.63) is 104 Å². The third-order valence-corrected chi connectivity index (χ3v) is 5.28. The number of aromatic nitrogens is 2. The fourth-order valence-corrected chi connectivity index (χ4v) is 3.31. The number of ether oxygens (including phenoxy) is 1. The summed E-state index contributed by atoms with van der Waals surface area (Å²) in [6.07, 6.45) is 3.18. The molecule has 4 aromatic rings. The van der Waals surface area contributed by atoms with E-state index in [2.05, 4.69) is 10.4 Å². The Labute approximate surface area is 197 Å². The number of halogens is 2. The van der Waals surface area contributed by atoms with Crippen molar-refractivity contribution >= 4 is 40.5 Å². The summed E-state index contributed by atoms with van der Waals surface area (Å²) >= 11 is 12.0. The van der Waals surface area contributed by atoms with E-state index in [1.807, 2.05) is 6.07 Å². The number of furan rings is 1. The topological polar surface area (TPSA) is 112 Å². The van der Waals surface area contributed by atoms with Gasteiger partial charge in [0.25, 0.3) is 5.91 Å². The van der Waals surface area contributed by atoms with Crippen LogP contribution in [-0.2, 0) is 13.2 Å². The number of amides is 1. The van der Waals surface area contributed by atoms with Crippen LogP contribution in [0, 0.1) is 10.1 Å².